The van der Waals surface area contributed by atoms with E-state index in [9.17, 15) is 4.79 Å². The van der Waals surface area contributed by atoms with Gasteiger partial charge in [0.05, 0.1) is 22.3 Å². The Kier molecular flexibility index (Phi) is 5.20. The van der Waals surface area contributed by atoms with E-state index < -0.39 is 0 Å². The third-order valence-electron chi connectivity index (χ3n) is 4.12. The van der Waals surface area contributed by atoms with Crippen molar-refractivity contribution in [3.8, 4) is 5.69 Å². The molecule has 0 aliphatic heterocycles. The molecule has 1 heterocycles. The minimum absolute atomic E-state index is 0.104. The maximum absolute atomic E-state index is 12.8. The number of aromatic nitrogens is 3. The first-order valence-electron chi connectivity index (χ1n) is 7.64. The van der Waals surface area contributed by atoms with E-state index in [1.165, 1.54) is 6.33 Å². The average Bonchev–Trinajstić information content (AvgIpc) is 3.16. The summed E-state index contributed by atoms with van der Waals surface area (Å²) in [5.41, 5.74) is 2.41. The smallest absolute Gasteiger partial charge is 0.255 e. The van der Waals surface area contributed by atoms with Crippen LogP contribution < -0.4 is 0 Å². The van der Waals surface area contributed by atoms with Gasteiger partial charge in [-0.15, -0.1) is 0 Å². The van der Waals surface area contributed by atoms with E-state index in [4.69, 9.17) is 11.6 Å². The molecule has 1 amide bonds. The molecule has 3 rings (SSSR count). The van der Waals surface area contributed by atoms with Crippen LogP contribution >= 0.6 is 27.5 Å². The Morgan fingerprint density at radius 2 is 1.96 bits per heavy atom. The van der Waals surface area contributed by atoms with Gasteiger partial charge in [0, 0.05) is 11.5 Å². The minimum atomic E-state index is -0.126. The summed E-state index contributed by atoms with van der Waals surface area (Å²) in [6, 6.07) is 13.0. The zero-order valence-electron chi connectivity index (χ0n) is 13.7. The number of hydrogen-bond acceptors (Lipinski definition) is 3. The zero-order chi connectivity index (χ0) is 18.0. The normalized spacial score (nSPS) is 12.0. The number of halogens is 2. The SMILES string of the molecule is CC(c1ccc(-n2cncn2)cc1)N(C)C(=O)c1cc(Br)ccc1Cl. The monoisotopic (exact) mass is 418 g/mol. The fourth-order valence-electron chi connectivity index (χ4n) is 2.50. The van der Waals surface area contributed by atoms with Crippen molar-refractivity contribution in [3.05, 3.63) is 75.7 Å². The van der Waals surface area contributed by atoms with E-state index >= 15 is 0 Å². The number of carbonyl (C=O) groups is 1. The Morgan fingerprint density at radius 1 is 1.24 bits per heavy atom. The molecule has 0 aliphatic carbocycles. The molecule has 1 unspecified atom stereocenters. The highest BCUT2D eigenvalue weighted by Crippen LogP contribution is 2.26. The van der Waals surface area contributed by atoms with Crippen LogP contribution in [0.1, 0.15) is 28.9 Å². The van der Waals surface area contributed by atoms with Crippen molar-refractivity contribution in [2.75, 3.05) is 7.05 Å². The van der Waals surface area contributed by atoms with Crippen LogP contribution in [0.3, 0.4) is 0 Å². The fraction of sp³-hybridized carbons (Fsp3) is 0.167. The summed E-state index contributed by atoms with van der Waals surface area (Å²) >= 11 is 9.56. The van der Waals surface area contributed by atoms with Crippen molar-refractivity contribution in [2.24, 2.45) is 0 Å². The van der Waals surface area contributed by atoms with Crippen molar-refractivity contribution in [1.29, 1.82) is 0 Å². The van der Waals surface area contributed by atoms with Gasteiger partial charge in [-0.05, 0) is 42.8 Å². The first-order chi connectivity index (χ1) is 12.0. The summed E-state index contributed by atoms with van der Waals surface area (Å²) in [7, 11) is 1.77. The van der Waals surface area contributed by atoms with Gasteiger partial charge in [0.15, 0.2) is 0 Å². The molecule has 0 bridgehead atoms. The molecular weight excluding hydrogens is 404 g/mol. The summed E-state index contributed by atoms with van der Waals surface area (Å²) in [6.45, 7) is 1.98. The predicted octanol–water partition coefficient (Wildman–Crippen LogP) is 4.52. The van der Waals surface area contributed by atoms with Gasteiger partial charge < -0.3 is 4.90 Å². The van der Waals surface area contributed by atoms with Gasteiger partial charge in [0.1, 0.15) is 12.7 Å². The van der Waals surface area contributed by atoms with Crippen LogP contribution in [0.2, 0.25) is 5.02 Å². The van der Waals surface area contributed by atoms with Crippen LogP contribution in [-0.2, 0) is 0 Å². The molecule has 1 atom stereocenters. The van der Waals surface area contributed by atoms with Crippen LogP contribution in [0.15, 0.2) is 59.6 Å². The summed E-state index contributed by atoms with van der Waals surface area (Å²) < 4.78 is 2.50. The van der Waals surface area contributed by atoms with Crippen molar-refractivity contribution in [2.45, 2.75) is 13.0 Å². The number of rotatable bonds is 4. The van der Waals surface area contributed by atoms with Gasteiger partial charge in [-0.2, -0.15) is 5.10 Å². The van der Waals surface area contributed by atoms with Gasteiger partial charge in [0.2, 0.25) is 0 Å². The molecule has 7 heteroatoms. The van der Waals surface area contributed by atoms with Crippen molar-refractivity contribution in [1.82, 2.24) is 19.7 Å². The van der Waals surface area contributed by atoms with E-state index in [-0.39, 0.29) is 11.9 Å². The lowest BCUT2D eigenvalue weighted by molar-refractivity contribution is 0.0743. The molecule has 0 saturated carbocycles. The number of nitrogens with zero attached hydrogens (tertiary/aromatic N) is 4. The standard InChI is InChI=1S/C18H16BrClN4O/c1-12(13-3-6-15(7-4-13)24-11-21-10-22-24)23(2)18(25)16-9-14(19)5-8-17(16)20/h3-12H,1-2H3. The van der Waals surface area contributed by atoms with E-state index in [1.54, 1.807) is 35.1 Å². The van der Waals surface area contributed by atoms with E-state index in [0.29, 0.717) is 10.6 Å². The molecule has 128 valence electrons. The molecule has 0 spiro atoms. The molecule has 5 nitrogen and oxygen atoms in total. The molecule has 0 N–H and O–H groups in total. The fourth-order valence-corrected chi connectivity index (χ4v) is 3.06. The largest absolute Gasteiger partial charge is 0.335 e. The lowest BCUT2D eigenvalue weighted by atomic mass is 10.1. The molecule has 0 radical (unpaired) electrons. The Bertz CT molecular complexity index is 881. The summed E-state index contributed by atoms with van der Waals surface area (Å²) in [4.78, 5) is 18.4. The molecule has 2 aromatic carbocycles. The molecule has 25 heavy (non-hydrogen) atoms. The Labute approximate surface area is 159 Å². The molecule has 0 aliphatic rings. The van der Waals surface area contributed by atoms with E-state index in [0.717, 1.165) is 15.7 Å². The van der Waals surface area contributed by atoms with Gasteiger partial charge in [-0.25, -0.2) is 9.67 Å². The third-order valence-corrected chi connectivity index (χ3v) is 4.94. The maximum Gasteiger partial charge on any atom is 0.255 e. The van der Waals surface area contributed by atoms with Gasteiger partial charge in [-0.3, -0.25) is 4.79 Å². The highest BCUT2D eigenvalue weighted by molar-refractivity contribution is 9.10. The van der Waals surface area contributed by atoms with E-state index in [2.05, 4.69) is 26.0 Å². The second-order valence-corrected chi connectivity index (χ2v) is 6.97. The predicted molar refractivity (Wildman–Crippen MR) is 101 cm³/mol. The zero-order valence-corrected chi connectivity index (χ0v) is 16.1. The van der Waals surface area contributed by atoms with Crippen molar-refractivity contribution >= 4 is 33.4 Å². The van der Waals surface area contributed by atoms with Gasteiger partial charge in [0.25, 0.3) is 5.91 Å². The van der Waals surface area contributed by atoms with E-state index in [1.807, 2.05) is 37.3 Å². The molecule has 0 saturated heterocycles. The number of carbonyl (C=O) groups excluding carboxylic acids is 1. The first kappa shape index (κ1) is 17.6. The maximum atomic E-state index is 12.8. The first-order valence-corrected chi connectivity index (χ1v) is 8.81. The highest BCUT2D eigenvalue weighted by Gasteiger charge is 2.21. The van der Waals surface area contributed by atoms with Crippen LogP contribution in [-0.4, -0.2) is 32.6 Å². The molecule has 0 fully saturated rings. The van der Waals surface area contributed by atoms with Crippen LogP contribution in [0.5, 0.6) is 0 Å². The van der Waals surface area contributed by atoms with Crippen molar-refractivity contribution < 1.29 is 4.79 Å². The number of amides is 1. The number of hydrogen-bond donors (Lipinski definition) is 0. The summed E-state index contributed by atoms with van der Waals surface area (Å²) in [5, 5.41) is 4.54. The molecule has 3 aromatic rings. The molecule has 1 aromatic heterocycles. The van der Waals surface area contributed by atoms with Crippen LogP contribution in [0.25, 0.3) is 5.69 Å². The number of benzene rings is 2. The quantitative estimate of drug-likeness (QED) is 0.625. The van der Waals surface area contributed by atoms with Gasteiger partial charge >= 0.3 is 0 Å². The van der Waals surface area contributed by atoms with Crippen LogP contribution in [0.4, 0.5) is 0 Å². The Morgan fingerprint density at radius 3 is 2.60 bits per heavy atom. The topological polar surface area (TPSA) is 51.0 Å². The second-order valence-electron chi connectivity index (χ2n) is 5.65. The highest BCUT2D eigenvalue weighted by atomic mass is 79.9. The third kappa shape index (κ3) is 3.75. The lowest BCUT2D eigenvalue weighted by Crippen LogP contribution is -2.29. The molecular formula is C18H16BrClN4O. The lowest BCUT2D eigenvalue weighted by Gasteiger charge is -2.26. The summed E-state index contributed by atoms with van der Waals surface area (Å²) in [6.07, 6.45) is 3.13. The van der Waals surface area contributed by atoms with Gasteiger partial charge in [-0.1, -0.05) is 39.7 Å². The Balaban J connectivity index is 1.81. The van der Waals surface area contributed by atoms with Crippen molar-refractivity contribution in [3.63, 3.8) is 0 Å². The second kappa shape index (κ2) is 7.37. The average molecular weight is 420 g/mol. The minimum Gasteiger partial charge on any atom is -0.335 e. The Hall–Kier alpha value is -2.18. The summed E-state index contributed by atoms with van der Waals surface area (Å²) in [5.74, 6) is -0.126. The van der Waals surface area contributed by atoms with Crippen LogP contribution in [0, 0.1) is 0 Å².